The molecule has 1 aromatic rings. The van der Waals surface area contributed by atoms with Crippen molar-refractivity contribution >= 4 is 23.6 Å². The van der Waals surface area contributed by atoms with Crippen LogP contribution in [-0.2, 0) is 9.53 Å². The highest BCUT2D eigenvalue weighted by molar-refractivity contribution is 7.99. The van der Waals surface area contributed by atoms with Gasteiger partial charge >= 0.3 is 5.97 Å². The van der Waals surface area contributed by atoms with Crippen LogP contribution in [0.25, 0.3) is 0 Å². The summed E-state index contributed by atoms with van der Waals surface area (Å²) in [6.45, 7) is 0. The number of carbonyl (C=O) groups is 2. The number of rotatable bonds is 5. The molecule has 0 spiro atoms. The molecule has 130 valence electrons. The van der Waals surface area contributed by atoms with Gasteiger partial charge in [-0.3, -0.25) is 4.79 Å². The zero-order valence-corrected chi connectivity index (χ0v) is 14.6. The highest BCUT2D eigenvalue weighted by Crippen LogP contribution is 2.31. The van der Waals surface area contributed by atoms with Gasteiger partial charge in [-0.2, -0.15) is 11.8 Å². The van der Waals surface area contributed by atoms with Crippen molar-refractivity contribution in [1.82, 2.24) is 10.3 Å². The topological polar surface area (TPSA) is 77.5 Å². The molecule has 1 aliphatic carbocycles. The zero-order chi connectivity index (χ0) is 17.0. The molecule has 2 aliphatic rings. The minimum Gasteiger partial charge on any atom is -0.473 e. The molecule has 6 nitrogen and oxygen atoms in total. The predicted octanol–water partition coefficient (Wildman–Crippen LogP) is 2.18. The summed E-state index contributed by atoms with van der Waals surface area (Å²) in [7, 11) is 1.35. The van der Waals surface area contributed by atoms with E-state index in [1.54, 1.807) is 12.1 Å². The van der Waals surface area contributed by atoms with Crippen molar-refractivity contribution in [2.75, 3.05) is 18.6 Å². The first-order valence-electron chi connectivity index (χ1n) is 8.24. The molecule has 2 heterocycles. The van der Waals surface area contributed by atoms with Crippen molar-refractivity contribution in [3.63, 3.8) is 0 Å². The number of nitrogens with one attached hydrogen (secondary N) is 1. The highest BCUT2D eigenvalue weighted by Gasteiger charge is 2.43. The van der Waals surface area contributed by atoms with Crippen LogP contribution < -0.4 is 10.1 Å². The first kappa shape index (κ1) is 17.1. The fraction of sp³-hybridized carbons (Fsp3) is 0.588. The maximum Gasteiger partial charge on any atom is 0.331 e. The number of nitrogens with zero attached hydrogens (tertiary/aromatic N) is 1. The Bertz CT molecular complexity index is 593. The molecule has 1 aliphatic heterocycles. The second-order valence-corrected chi connectivity index (χ2v) is 7.37. The van der Waals surface area contributed by atoms with E-state index in [0.29, 0.717) is 24.3 Å². The molecule has 1 N–H and O–H groups in total. The summed E-state index contributed by atoms with van der Waals surface area (Å²) in [6.07, 6.45) is 5.74. The normalized spacial score (nSPS) is 22.1. The van der Waals surface area contributed by atoms with Crippen molar-refractivity contribution in [2.24, 2.45) is 0 Å². The fourth-order valence-electron chi connectivity index (χ4n) is 3.20. The van der Waals surface area contributed by atoms with Crippen LogP contribution in [0, 0.1) is 0 Å². The zero-order valence-electron chi connectivity index (χ0n) is 13.7. The van der Waals surface area contributed by atoms with Crippen molar-refractivity contribution in [3.05, 3.63) is 23.9 Å². The summed E-state index contributed by atoms with van der Waals surface area (Å²) in [4.78, 5) is 28.8. The quantitative estimate of drug-likeness (QED) is 0.820. The number of carbonyl (C=O) groups excluding carboxylic acids is 2. The summed E-state index contributed by atoms with van der Waals surface area (Å²) in [5.41, 5.74) is -0.486. The van der Waals surface area contributed by atoms with Crippen molar-refractivity contribution < 1.29 is 19.1 Å². The minimum absolute atomic E-state index is 0.197. The van der Waals surface area contributed by atoms with Gasteiger partial charge in [0, 0.05) is 18.0 Å². The minimum atomic E-state index is -0.901. The largest absolute Gasteiger partial charge is 0.473 e. The van der Waals surface area contributed by atoms with Gasteiger partial charge in [-0.25, -0.2) is 9.78 Å². The summed E-state index contributed by atoms with van der Waals surface area (Å²) >= 11 is 1.87. The van der Waals surface area contributed by atoms with E-state index in [2.05, 4.69) is 10.3 Å². The number of aromatic nitrogens is 1. The number of methoxy groups -OCH3 is 1. The number of hydrogen-bond donors (Lipinski definition) is 1. The molecule has 7 heteroatoms. The Kier molecular flexibility index (Phi) is 5.28. The molecule has 1 saturated heterocycles. The Morgan fingerprint density at radius 2 is 2.12 bits per heavy atom. The van der Waals surface area contributed by atoms with E-state index in [-0.39, 0.29) is 18.0 Å². The summed E-state index contributed by atoms with van der Waals surface area (Å²) in [5, 5.41) is 2.85. The Morgan fingerprint density at radius 1 is 1.33 bits per heavy atom. The van der Waals surface area contributed by atoms with Crippen molar-refractivity contribution in [1.29, 1.82) is 0 Å². The Morgan fingerprint density at radius 3 is 2.71 bits per heavy atom. The van der Waals surface area contributed by atoms with E-state index in [1.807, 2.05) is 11.8 Å². The average molecular weight is 350 g/mol. The van der Waals surface area contributed by atoms with E-state index in [0.717, 1.165) is 30.8 Å². The maximum atomic E-state index is 12.5. The number of ether oxygens (including phenoxy) is 2. The smallest absolute Gasteiger partial charge is 0.331 e. The second-order valence-electron chi connectivity index (χ2n) is 6.22. The van der Waals surface area contributed by atoms with E-state index < -0.39 is 5.54 Å². The molecule has 1 aromatic heterocycles. The van der Waals surface area contributed by atoms with Crippen molar-refractivity contribution in [3.8, 4) is 5.88 Å². The van der Waals surface area contributed by atoms with Gasteiger partial charge < -0.3 is 14.8 Å². The Hall–Kier alpha value is -1.76. The van der Waals surface area contributed by atoms with E-state index in [4.69, 9.17) is 9.47 Å². The molecule has 3 rings (SSSR count). The van der Waals surface area contributed by atoms with E-state index in [1.165, 1.54) is 13.3 Å². The molecule has 0 aromatic carbocycles. The summed E-state index contributed by atoms with van der Waals surface area (Å²) in [5.74, 6) is 1.94. The van der Waals surface area contributed by atoms with Crippen LogP contribution in [-0.4, -0.2) is 47.1 Å². The second kappa shape index (κ2) is 7.42. The van der Waals surface area contributed by atoms with Gasteiger partial charge in [0.2, 0.25) is 5.88 Å². The lowest BCUT2D eigenvalue weighted by Gasteiger charge is -2.27. The van der Waals surface area contributed by atoms with Gasteiger partial charge in [-0.1, -0.05) is 12.8 Å². The van der Waals surface area contributed by atoms with Crippen LogP contribution in [0.3, 0.4) is 0 Å². The van der Waals surface area contributed by atoms with Crippen molar-refractivity contribution in [2.45, 2.75) is 43.7 Å². The van der Waals surface area contributed by atoms with Crippen LogP contribution in [0.4, 0.5) is 0 Å². The molecular formula is C17H22N2O4S. The highest BCUT2D eigenvalue weighted by atomic mass is 32.2. The lowest BCUT2D eigenvalue weighted by Crippen LogP contribution is -2.53. The van der Waals surface area contributed by atoms with E-state index >= 15 is 0 Å². The van der Waals surface area contributed by atoms with Gasteiger partial charge in [0.25, 0.3) is 5.91 Å². The average Bonchev–Trinajstić information content (AvgIpc) is 3.27. The fourth-order valence-corrected chi connectivity index (χ4v) is 4.30. The molecule has 0 radical (unpaired) electrons. The van der Waals surface area contributed by atoms with Crippen LogP contribution in [0.1, 0.15) is 42.5 Å². The third kappa shape index (κ3) is 3.66. The standard InChI is InChI=1S/C17H22N2O4S/c1-22-16(21)17(7-2-3-8-17)19-15(20)12-4-5-14(18-10-12)23-13-6-9-24-11-13/h4-5,10,13H,2-3,6-9,11H2,1H3,(H,19,20). The molecule has 0 bridgehead atoms. The Labute approximate surface area is 145 Å². The van der Waals surface area contributed by atoms with Gasteiger partial charge in [0.15, 0.2) is 0 Å². The van der Waals surface area contributed by atoms with Gasteiger partial charge in [-0.15, -0.1) is 0 Å². The SMILES string of the molecule is COC(=O)C1(NC(=O)c2ccc(OC3CCSC3)nc2)CCCC1. The van der Waals surface area contributed by atoms with Gasteiger partial charge in [-0.05, 0) is 31.1 Å². The first-order valence-corrected chi connectivity index (χ1v) is 9.40. The van der Waals surface area contributed by atoms with Gasteiger partial charge in [0.1, 0.15) is 11.6 Å². The monoisotopic (exact) mass is 350 g/mol. The predicted molar refractivity (Wildman–Crippen MR) is 91.3 cm³/mol. The number of pyridine rings is 1. The van der Waals surface area contributed by atoms with Crippen LogP contribution in [0.5, 0.6) is 5.88 Å². The molecule has 2 fully saturated rings. The van der Waals surface area contributed by atoms with Crippen LogP contribution >= 0.6 is 11.8 Å². The van der Waals surface area contributed by atoms with Crippen LogP contribution in [0.15, 0.2) is 18.3 Å². The lowest BCUT2D eigenvalue weighted by molar-refractivity contribution is -0.148. The number of amides is 1. The number of thioether (sulfide) groups is 1. The molecule has 1 unspecified atom stereocenters. The Balaban J connectivity index is 1.64. The summed E-state index contributed by atoms with van der Waals surface area (Å²) in [6, 6.07) is 3.39. The molecule has 1 saturated carbocycles. The third-order valence-corrected chi connectivity index (χ3v) is 5.69. The number of hydrogen-bond acceptors (Lipinski definition) is 6. The summed E-state index contributed by atoms with van der Waals surface area (Å²) < 4.78 is 10.7. The van der Waals surface area contributed by atoms with Gasteiger partial charge in [0.05, 0.1) is 12.7 Å². The molecule has 1 atom stereocenters. The van der Waals surface area contributed by atoms with Crippen LogP contribution in [0.2, 0.25) is 0 Å². The lowest BCUT2D eigenvalue weighted by atomic mass is 9.97. The third-order valence-electron chi connectivity index (χ3n) is 4.56. The number of esters is 1. The molecule has 1 amide bonds. The molecular weight excluding hydrogens is 328 g/mol. The molecule has 24 heavy (non-hydrogen) atoms. The van der Waals surface area contributed by atoms with E-state index in [9.17, 15) is 9.59 Å². The first-order chi connectivity index (χ1) is 11.6. The maximum absolute atomic E-state index is 12.5.